The van der Waals surface area contributed by atoms with Crippen molar-refractivity contribution in [3.8, 4) is 0 Å². The van der Waals surface area contributed by atoms with Gasteiger partial charge in [0.15, 0.2) is 6.10 Å². The third-order valence-corrected chi connectivity index (χ3v) is 18.9. The molecule has 0 N–H and O–H groups in total. The summed E-state index contributed by atoms with van der Waals surface area (Å²) in [7, 11) is 0. The van der Waals surface area contributed by atoms with Crippen LogP contribution in [0.15, 0.2) is 0 Å². The van der Waals surface area contributed by atoms with Gasteiger partial charge in [0.05, 0.1) is 97.0 Å². The van der Waals surface area contributed by atoms with Crippen LogP contribution in [0, 0.1) is 0 Å². The first-order valence-corrected chi connectivity index (χ1v) is 42.6. The van der Waals surface area contributed by atoms with Gasteiger partial charge in [0.2, 0.25) is 0 Å². The summed E-state index contributed by atoms with van der Waals surface area (Å²) in [5, 5.41) is 0. The van der Waals surface area contributed by atoms with E-state index in [4.69, 9.17) is 56.8 Å². The predicted molar refractivity (Wildman–Crippen MR) is 410 cm³/mol. The van der Waals surface area contributed by atoms with Gasteiger partial charge in [-0.15, -0.1) is 0 Å². The topological polar surface area (TPSA) is 213 Å². The number of hydrogen-bond donors (Lipinski definition) is 0. The fourth-order valence-electron chi connectivity index (χ4n) is 12.3. The first kappa shape index (κ1) is 98.6. The molecule has 0 fully saturated rings. The molecular weight excluding hydrogens is 1300 g/mol. The number of esters is 6. The normalized spacial score (nSPS) is 12.6. The van der Waals surface area contributed by atoms with E-state index >= 15 is 0 Å². The van der Waals surface area contributed by atoms with Gasteiger partial charge < -0.3 is 56.8 Å². The minimum absolute atomic E-state index is 0.0757. The minimum atomic E-state index is -1.12. The molecule has 0 amide bonds. The van der Waals surface area contributed by atoms with Crippen molar-refractivity contribution in [2.75, 3.05) is 92.5 Å². The Morgan fingerprint density at radius 2 is 0.412 bits per heavy atom. The molecule has 18 heteroatoms. The van der Waals surface area contributed by atoms with Gasteiger partial charge in [-0.1, -0.05) is 311 Å². The van der Waals surface area contributed by atoms with E-state index < -0.39 is 42.3 Å². The summed E-state index contributed by atoms with van der Waals surface area (Å²) in [5.74, 6) is -2.44. The summed E-state index contributed by atoms with van der Waals surface area (Å²) in [5.41, 5.74) is 0. The molecule has 0 aliphatic carbocycles. The number of unbranched alkanes of at least 4 members (excludes halogenated alkanes) is 42. The lowest BCUT2D eigenvalue weighted by Crippen LogP contribution is -2.33. The molecule has 0 aromatic rings. The third kappa shape index (κ3) is 73.5. The average molecular weight is 1460 g/mol. The molecule has 3 unspecified atom stereocenters. The molecule has 0 saturated heterocycles. The first-order chi connectivity index (χ1) is 50.0. The molecule has 0 saturated carbocycles. The van der Waals surface area contributed by atoms with Crippen LogP contribution in [-0.4, -0.2) is 153 Å². The van der Waals surface area contributed by atoms with Crippen molar-refractivity contribution < 1.29 is 85.6 Å². The lowest BCUT2D eigenvalue weighted by atomic mass is 10.0. The first-order valence-electron chi connectivity index (χ1n) is 42.6. The van der Waals surface area contributed by atoms with Crippen molar-refractivity contribution in [1.29, 1.82) is 0 Å². The number of rotatable bonds is 83. The summed E-state index contributed by atoms with van der Waals surface area (Å²) in [6.45, 7) is 14.2. The second kappa shape index (κ2) is 80.1. The van der Waals surface area contributed by atoms with Gasteiger partial charge in [-0.3, -0.25) is 28.8 Å². The fraction of sp³-hybridized carbons (Fsp3) is 0.929. The molecule has 602 valence electrons. The number of hydrogen-bond acceptors (Lipinski definition) is 18. The van der Waals surface area contributed by atoms with E-state index in [0.717, 1.165) is 57.8 Å². The van der Waals surface area contributed by atoms with E-state index in [1.54, 1.807) is 0 Å². The van der Waals surface area contributed by atoms with Gasteiger partial charge in [-0.2, -0.15) is 0 Å². The molecule has 102 heavy (non-hydrogen) atoms. The Hall–Kier alpha value is -3.42. The van der Waals surface area contributed by atoms with Crippen molar-refractivity contribution in [3.63, 3.8) is 0 Å². The van der Waals surface area contributed by atoms with E-state index in [-0.39, 0.29) is 130 Å². The van der Waals surface area contributed by atoms with E-state index in [1.165, 1.54) is 231 Å². The highest BCUT2D eigenvalue weighted by atomic mass is 16.6. The van der Waals surface area contributed by atoms with Crippen LogP contribution in [-0.2, 0) is 85.6 Å². The van der Waals surface area contributed by atoms with Crippen molar-refractivity contribution >= 4 is 35.8 Å². The van der Waals surface area contributed by atoms with Gasteiger partial charge in [0.25, 0.3) is 0 Å². The van der Waals surface area contributed by atoms with E-state index in [2.05, 4.69) is 20.8 Å². The zero-order valence-electron chi connectivity index (χ0n) is 66.7. The van der Waals surface area contributed by atoms with Crippen LogP contribution < -0.4 is 0 Å². The molecule has 3 atom stereocenters. The standard InChI is InChI=1S/C84H158O18/c1-7-13-16-19-22-25-28-31-34-37-40-43-46-49-52-55-79(85)97-67-61-91-58-64-94-75(10-4)70-82(88)100-73-78(102-84(90)72-77(12-6)96-66-60-93-63-69-99-81(87)57-54-51-48-45-42-39-36-33-30-27-24-21-18-15-9-3)74-101-83(89)71-76(11-5)95-65-59-92-62-68-98-80(86)56-53-50-47-44-41-38-35-32-29-26-23-20-17-14-8-2/h75-78H,7-74H2,1-6H3. The largest absolute Gasteiger partial charge is 0.463 e. The van der Waals surface area contributed by atoms with Crippen molar-refractivity contribution in [2.24, 2.45) is 0 Å². The van der Waals surface area contributed by atoms with Gasteiger partial charge in [-0.25, -0.2) is 0 Å². The third-order valence-electron chi connectivity index (χ3n) is 18.9. The summed E-state index contributed by atoms with van der Waals surface area (Å²) in [6, 6.07) is 0. The van der Waals surface area contributed by atoms with Crippen molar-refractivity contribution in [3.05, 3.63) is 0 Å². The Bertz CT molecular complexity index is 1750. The predicted octanol–water partition coefficient (Wildman–Crippen LogP) is 21.0. The Morgan fingerprint density at radius 1 is 0.206 bits per heavy atom. The van der Waals surface area contributed by atoms with Crippen molar-refractivity contribution in [1.82, 2.24) is 0 Å². The summed E-state index contributed by atoms with van der Waals surface area (Å²) < 4.78 is 67.8. The van der Waals surface area contributed by atoms with Gasteiger partial charge in [0, 0.05) is 19.3 Å². The van der Waals surface area contributed by atoms with Gasteiger partial charge in [-0.05, 0) is 38.5 Å². The number of ether oxygens (including phenoxy) is 12. The van der Waals surface area contributed by atoms with Crippen LogP contribution in [0.25, 0.3) is 0 Å². The minimum Gasteiger partial charge on any atom is -0.463 e. The van der Waals surface area contributed by atoms with E-state index in [9.17, 15) is 28.8 Å². The molecule has 0 bridgehead atoms. The highest BCUT2D eigenvalue weighted by Crippen LogP contribution is 2.19. The molecule has 0 aromatic carbocycles. The highest BCUT2D eigenvalue weighted by molar-refractivity contribution is 5.72. The maximum Gasteiger partial charge on any atom is 0.308 e. The lowest BCUT2D eigenvalue weighted by molar-refractivity contribution is -0.170. The fourth-order valence-corrected chi connectivity index (χ4v) is 12.3. The zero-order chi connectivity index (χ0) is 74.3. The van der Waals surface area contributed by atoms with E-state index in [1.807, 2.05) is 20.8 Å². The second-order valence-corrected chi connectivity index (χ2v) is 28.4. The number of carbonyl (C=O) groups excluding carboxylic acids is 6. The molecular formula is C84H158O18. The molecule has 0 rings (SSSR count). The maximum atomic E-state index is 13.4. The van der Waals surface area contributed by atoms with Crippen LogP contribution in [0.2, 0.25) is 0 Å². The summed E-state index contributed by atoms with van der Waals surface area (Å²) in [4.78, 5) is 76.7. The second-order valence-electron chi connectivity index (χ2n) is 28.4. The lowest BCUT2D eigenvalue weighted by Gasteiger charge is -2.22. The van der Waals surface area contributed by atoms with Crippen LogP contribution in [0.5, 0.6) is 0 Å². The highest BCUT2D eigenvalue weighted by Gasteiger charge is 2.25. The Kier molecular flexibility index (Phi) is 77.4. The average Bonchev–Trinajstić information content (AvgIpc) is 1.03. The molecule has 0 radical (unpaired) electrons. The Morgan fingerprint density at radius 3 is 0.637 bits per heavy atom. The van der Waals surface area contributed by atoms with Crippen LogP contribution in [0.4, 0.5) is 0 Å². The SMILES string of the molecule is CCCCCCCCCCCCCCCCCC(=O)OCCOCCOC(CC)CC(=O)OCC(COC(=O)CC(CC)OCCOCCOC(=O)CCCCCCCCCCCCCCCCC)OC(=O)CC(CC)OCCOCCOC(=O)CCCCCCCCCCCCCCCCC. The van der Waals surface area contributed by atoms with Gasteiger partial charge >= 0.3 is 35.8 Å². The molecule has 0 aliphatic rings. The van der Waals surface area contributed by atoms with Crippen LogP contribution in [0.3, 0.4) is 0 Å². The van der Waals surface area contributed by atoms with E-state index in [0.29, 0.717) is 38.5 Å². The molecule has 0 spiro atoms. The summed E-state index contributed by atoms with van der Waals surface area (Å²) >= 11 is 0. The maximum absolute atomic E-state index is 13.4. The van der Waals surface area contributed by atoms with Gasteiger partial charge in [0.1, 0.15) is 33.0 Å². The molecule has 18 nitrogen and oxygen atoms in total. The smallest absolute Gasteiger partial charge is 0.308 e. The molecule has 0 aliphatic heterocycles. The summed E-state index contributed by atoms with van der Waals surface area (Å²) in [6.07, 6.45) is 57.0. The van der Waals surface area contributed by atoms with Crippen LogP contribution in [0.1, 0.15) is 388 Å². The zero-order valence-corrected chi connectivity index (χ0v) is 66.7. The Labute approximate surface area is 623 Å². The Balaban J connectivity index is 4.83. The number of carbonyl (C=O) groups is 6. The molecule has 0 aromatic heterocycles. The quantitative estimate of drug-likeness (QED) is 0.0314. The molecule has 0 heterocycles. The van der Waals surface area contributed by atoms with Crippen LogP contribution >= 0.6 is 0 Å². The van der Waals surface area contributed by atoms with Crippen molar-refractivity contribution in [2.45, 2.75) is 413 Å². The monoisotopic (exact) mass is 1460 g/mol.